The maximum Gasteiger partial charge on any atom is 0.124 e. The number of aliphatic hydroxyl groups excluding tert-OH is 1. The Morgan fingerprint density at radius 3 is 2.72 bits per heavy atom. The summed E-state index contributed by atoms with van der Waals surface area (Å²) in [6, 6.07) is 8.24. The summed E-state index contributed by atoms with van der Waals surface area (Å²) in [5, 5.41) is 9.99. The Bertz CT molecular complexity index is 375. The monoisotopic (exact) mass is 248 g/mol. The number of hydrogen-bond donors (Lipinski definition) is 1. The first-order valence-corrected chi connectivity index (χ1v) is 7.16. The highest BCUT2D eigenvalue weighted by molar-refractivity contribution is 5.36. The fourth-order valence-corrected chi connectivity index (χ4v) is 2.59. The molecule has 0 saturated heterocycles. The fraction of sp³-hybridized carbons (Fsp3) is 0.625. The number of rotatable bonds is 4. The van der Waals surface area contributed by atoms with Crippen LogP contribution < -0.4 is 4.74 Å². The smallest absolute Gasteiger partial charge is 0.124 e. The van der Waals surface area contributed by atoms with Crippen molar-refractivity contribution in [2.24, 2.45) is 0 Å². The molecule has 1 aromatic rings. The Balaban J connectivity index is 2.12. The van der Waals surface area contributed by atoms with E-state index in [2.05, 4.69) is 26.0 Å². The van der Waals surface area contributed by atoms with Crippen LogP contribution >= 0.6 is 0 Å². The minimum atomic E-state index is -0.302. The lowest BCUT2D eigenvalue weighted by molar-refractivity contribution is 0.00625. The third-order valence-corrected chi connectivity index (χ3v) is 4.01. The van der Waals surface area contributed by atoms with E-state index in [1.165, 1.54) is 5.56 Å². The van der Waals surface area contributed by atoms with E-state index in [9.17, 15) is 5.11 Å². The van der Waals surface area contributed by atoms with Crippen LogP contribution in [0.5, 0.6) is 5.75 Å². The van der Waals surface area contributed by atoms with Gasteiger partial charge in [-0.25, -0.2) is 0 Å². The van der Waals surface area contributed by atoms with Gasteiger partial charge in [-0.15, -0.1) is 0 Å². The lowest BCUT2D eigenvalue weighted by atomic mass is 9.94. The second-order valence-electron chi connectivity index (χ2n) is 5.36. The van der Waals surface area contributed by atoms with Crippen LogP contribution in [0.15, 0.2) is 24.3 Å². The van der Waals surface area contributed by atoms with Gasteiger partial charge in [0.1, 0.15) is 11.9 Å². The Morgan fingerprint density at radius 1 is 1.28 bits per heavy atom. The largest absolute Gasteiger partial charge is 0.487 e. The van der Waals surface area contributed by atoms with Crippen molar-refractivity contribution < 1.29 is 9.84 Å². The van der Waals surface area contributed by atoms with Gasteiger partial charge in [-0.3, -0.25) is 0 Å². The van der Waals surface area contributed by atoms with Crippen molar-refractivity contribution in [2.45, 2.75) is 64.1 Å². The molecule has 0 bridgehead atoms. The molecule has 1 N–H and O–H groups in total. The first-order chi connectivity index (χ1) is 8.72. The standard InChI is InChI=1S/C16H24O2/c1-3-12(2)13-8-4-6-10-15(13)18-16-11-7-5-9-14(16)17/h4,6,8,10,12,14,16-17H,3,5,7,9,11H2,1-2H3. The number of aliphatic hydroxyl groups is 1. The predicted octanol–water partition coefficient (Wildman–Crippen LogP) is 3.88. The average Bonchev–Trinajstić information content (AvgIpc) is 2.41. The third kappa shape index (κ3) is 3.05. The number of ether oxygens (including phenoxy) is 1. The number of benzene rings is 1. The van der Waals surface area contributed by atoms with Crippen molar-refractivity contribution >= 4 is 0 Å². The fourth-order valence-electron chi connectivity index (χ4n) is 2.59. The molecule has 1 saturated carbocycles. The molecule has 2 heteroatoms. The zero-order valence-corrected chi connectivity index (χ0v) is 11.4. The summed E-state index contributed by atoms with van der Waals surface area (Å²) in [5.74, 6) is 1.46. The summed E-state index contributed by atoms with van der Waals surface area (Å²) in [7, 11) is 0. The Labute approximate surface area is 110 Å². The molecule has 0 aliphatic heterocycles. The van der Waals surface area contributed by atoms with Crippen molar-refractivity contribution in [2.75, 3.05) is 0 Å². The lowest BCUT2D eigenvalue weighted by Crippen LogP contribution is -2.34. The van der Waals surface area contributed by atoms with Crippen LogP contribution in [-0.2, 0) is 0 Å². The molecule has 0 amide bonds. The van der Waals surface area contributed by atoms with E-state index in [1.54, 1.807) is 0 Å². The van der Waals surface area contributed by atoms with Gasteiger partial charge < -0.3 is 9.84 Å². The summed E-state index contributed by atoms with van der Waals surface area (Å²) in [6.45, 7) is 4.41. The van der Waals surface area contributed by atoms with Crippen molar-refractivity contribution in [3.8, 4) is 5.75 Å². The highest BCUT2D eigenvalue weighted by Gasteiger charge is 2.25. The molecule has 100 valence electrons. The molecule has 2 rings (SSSR count). The SMILES string of the molecule is CCC(C)c1ccccc1OC1CCCCC1O. The molecule has 1 aromatic carbocycles. The molecule has 1 fully saturated rings. The lowest BCUT2D eigenvalue weighted by Gasteiger charge is -2.29. The summed E-state index contributed by atoms with van der Waals surface area (Å²) >= 11 is 0. The van der Waals surface area contributed by atoms with Crippen LogP contribution in [0, 0.1) is 0 Å². The van der Waals surface area contributed by atoms with Gasteiger partial charge in [-0.1, -0.05) is 38.5 Å². The zero-order chi connectivity index (χ0) is 13.0. The number of para-hydroxylation sites is 1. The Kier molecular flexibility index (Phi) is 4.65. The van der Waals surface area contributed by atoms with Gasteiger partial charge in [-0.05, 0) is 43.2 Å². The third-order valence-electron chi connectivity index (χ3n) is 4.01. The second-order valence-corrected chi connectivity index (χ2v) is 5.36. The Hall–Kier alpha value is -1.02. The van der Waals surface area contributed by atoms with Gasteiger partial charge >= 0.3 is 0 Å². The topological polar surface area (TPSA) is 29.5 Å². The molecule has 0 radical (unpaired) electrons. The minimum Gasteiger partial charge on any atom is -0.487 e. The molecular weight excluding hydrogens is 224 g/mol. The van der Waals surface area contributed by atoms with Crippen molar-refractivity contribution in [3.63, 3.8) is 0 Å². The van der Waals surface area contributed by atoms with Crippen LogP contribution in [0.1, 0.15) is 57.4 Å². The van der Waals surface area contributed by atoms with E-state index in [0.29, 0.717) is 5.92 Å². The van der Waals surface area contributed by atoms with Gasteiger partial charge in [0.2, 0.25) is 0 Å². The highest BCUT2D eigenvalue weighted by Crippen LogP contribution is 2.31. The predicted molar refractivity (Wildman–Crippen MR) is 74.0 cm³/mol. The van der Waals surface area contributed by atoms with Crippen LogP contribution in [0.4, 0.5) is 0 Å². The molecule has 3 atom stereocenters. The maximum absolute atomic E-state index is 9.99. The molecule has 1 aliphatic rings. The van der Waals surface area contributed by atoms with E-state index in [4.69, 9.17) is 4.74 Å². The molecule has 0 spiro atoms. The molecule has 0 heterocycles. The van der Waals surface area contributed by atoms with E-state index in [-0.39, 0.29) is 12.2 Å². The van der Waals surface area contributed by atoms with E-state index in [1.807, 2.05) is 12.1 Å². The van der Waals surface area contributed by atoms with Crippen LogP contribution in [-0.4, -0.2) is 17.3 Å². The van der Waals surface area contributed by atoms with Crippen LogP contribution in [0.25, 0.3) is 0 Å². The zero-order valence-electron chi connectivity index (χ0n) is 11.4. The van der Waals surface area contributed by atoms with Gasteiger partial charge in [0.05, 0.1) is 6.10 Å². The highest BCUT2D eigenvalue weighted by atomic mass is 16.5. The maximum atomic E-state index is 9.99. The average molecular weight is 248 g/mol. The minimum absolute atomic E-state index is 0.0241. The molecule has 0 aromatic heterocycles. The van der Waals surface area contributed by atoms with Gasteiger partial charge in [0, 0.05) is 0 Å². The molecule has 3 unspecified atom stereocenters. The Morgan fingerprint density at radius 2 is 2.00 bits per heavy atom. The van der Waals surface area contributed by atoms with Gasteiger partial charge in [0.15, 0.2) is 0 Å². The van der Waals surface area contributed by atoms with Crippen molar-refractivity contribution in [1.29, 1.82) is 0 Å². The summed E-state index contributed by atoms with van der Waals surface area (Å²) in [6.07, 6.45) is 4.90. The summed E-state index contributed by atoms with van der Waals surface area (Å²) in [5.41, 5.74) is 1.26. The molecule has 18 heavy (non-hydrogen) atoms. The summed E-state index contributed by atoms with van der Waals surface area (Å²) in [4.78, 5) is 0. The molecule has 1 aliphatic carbocycles. The van der Waals surface area contributed by atoms with Crippen molar-refractivity contribution in [3.05, 3.63) is 29.8 Å². The van der Waals surface area contributed by atoms with Gasteiger partial charge in [-0.2, -0.15) is 0 Å². The molecular formula is C16H24O2. The first-order valence-electron chi connectivity index (χ1n) is 7.16. The quantitative estimate of drug-likeness (QED) is 0.876. The summed E-state index contributed by atoms with van der Waals surface area (Å²) < 4.78 is 6.07. The number of hydrogen-bond acceptors (Lipinski definition) is 2. The van der Waals surface area contributed by atoms with Crippen LogP contribution in [0.3, 0.4) is 0 Å². The molecule has 2 nitrogen and oxygen atoms in total. The first kappa shape index (κ1) is 13.4. The van der Waals surface area contributed by atoms with Gasteiger partial charge in [0.25, 0.3) is 0 Å². The normalized spacial score (nSPS) is 25.7. The van der Waals surface area contributed by atoms with E-state index >= 15 is 0 Å². The van der Waals surface area contributed by atoms with E-state index in [0.717, 1.165) is 37.9 Å². The second kappa shape index (κ2) is 6.24. The van der Waals surface area contributed by atoms with E-state index < -0.39 is 0 Å². The van der Waals surface area contributed by atoms with Crippen LogP contribution in [0.2, 0.25) is 0 Å². The van der Waals surface area contributed by atoms with Crippen molar-refractivity contribution in [1.82, 2.24) is 0 Å².